The first-order valence-electron chi connectivity index (χ1n) is 10.5. The second-order valence-corrected chi connectivity index (χ2v) is 9.09. The molecule has 2 aliphatic rings. The van der Waals surface area contributed by atoms with Crippen LogP contribution in [0.4, 0.5) is 10.1 Å². The van der Waals surface area contributed by atoms with Gasteiger partial charge in [0.2, 0.25) is 11.8 Å². The first-order chi connectivity index (χ1) is 15.7. The van der Waals surface area contributed by atoms with Crippen molar-refractivity contribution in [3.05, 3.63) is 64.4 Å². The van der Waals surface area contributed by atoms with E-state index in [0.717, 1.165) is 16.5 Å². The van der Waals surface area contributed by atoms with Gasteiger partial charge in [0.25, 0.3) is 5.91 Å². The highest BCUT2D eigenvalue weighted by atomic mass is 35.5. The second kappa shape index (κ2) is 8.49. The van der Waals surface area contributed by atoms with E-state index in [1.807, 2.05) is 6.07 Å². The fourth-order valence-electron chi connectivity index (χ4n) is 4.31. The summed E-state index contributed by atoms with van der Waals surface area (Å²) >= 11 is 5.97. The van der Waals surface area contributed by atoms with Gasteiger partial charge in [-0.3, -0.25) is 19.3 Å². The maximum Gasteiger partial charge on any atom is 0.257 e. The Morgan fingerprint density at radius 1 is 1.18 bits per heavy atom. The van der Waals surface area contributed by atoms with Gasteiger partial charge in [-0.25, -0.2) is 4.39 Å². The van der Waals surface area contributed by atoms with Gasteiger partial charge < -0.3 is 9.80 Å². The monoisotopic (exact) mass is 468 g/mol. The fourth-order valence-corrected chi connectivity index (χ4v) is 4.44. The van der Waals surface area contributed by atoms with Crippen molar-refractivity contribution in [2.24, 2.45) is 5.92 Å². The van der Waals surface area contributed by atoms with E-state index < -0.39 is 17.3 Å². The summed E-state index contributed by atoms with van der Waals surface area (Å²) in [6, 6.07) is 12.6. The molecule has 0 bridgehead atoms. The van der Waals surface area contributed by atoms with Gasteiger partial charge in [0.1, 0.15) is 12.4 Å². The molecule has 7 nitrogen and oxygen atoms in total. The summed E-state index contributed by atoms with van der Waals surface area (Å²) in [5, 5.41) is 9.55. The third kappa shape index (κ3) is 3.93. The highest BCUT2D eigenvalue weighted by Crippen LogP contribution is 2.38. The van der Waals surface area contributed by atoms with E-state index in [0.29, 0.717) is 5.02 Å². The van der Waals surface area contributed by atoms with E-state index in [2.05, 4.69) is 0 Å². The largest absolute Gasteiger partial charge is 0.337 e. The van der Waals surface area contributed by atoms with Crippen LogP contribution in [0.2, 0.25) is 5.02 Å². The van der Waals surface area contributed by atoms with Gasteiger partial charge in [0, 0.05) is 17.5 Å². The zero-order chi connectivity index (χ0) is 23.9. The van der Waals surface area contributed by atoms with Crippen molar-refractivity contribution in [3.63, 3.8) is 0 Å². The summed E-state index contributed by atoms with van der Waals surface area (Å²) < 4.78 is 14.7. The number of anilines is 1. The summed E-state index contributed by atoms with van der Waals surface area (Å²) in [6.07, 6.45) is 0. The average molecular weight is 469 g/mol. The zero-order valence-corrected chi connectivity index (χ0v) is 19.0. The van der Waals surface area contributed by atoms with Crippen LogP contribution in [0.1, 0.15) is 25.0 Å². The van der Waals surface area contributed by atoms with E-state index in [-0.39, 0.29) is 55.2 Å². The standard InChI is InChI=1S/C24H22ClFN4O3/c1-15(2)22(32)28-13-24(14-28)23(33)29(20-8-5-17(10-27)9-19(20)26)12-21(31)30(24)11-16-3-6-18(25)7-4-16/h3-9,15H,11-14H2,1-2H3. The highest BCUT2D eigenvalue weighted by molar-refractivity contribution is 6.30. The average Bonchev–Trinajstić information content (AvgIpc) is 2.76. The number of likely N-dealkylation sites (tertiary alicyclic amines) is 1. The molecule has 170 valence electrons. The minimum atomic E-state index is -1.29. The molecule has 2 aromatic carbocycles. The second-order valence-electron chi connectivity index (χ2n) is 8.66. The van der Waals surface area contributed by atoms with Gasteiger partial charge in [-0.15, -0.1) is 0 Å². The van der Waals surface area contributed by atoms with Crippen LogP contribution < -0.4 is 4.90 Å². The summed E-state index contributed by atoms with van der Waals surface area (Å²) in [7, 11) is 0. The molecule has 2 fully saturated rings. The third-order valence-electron chi connectivity index (χ3n) is 6.09. The molecule has 2 heterocycles. The van der Waals surface area contributed by atoms with Gasteiger partial charge in [-0.1, -0.05) is 37.6 Å². The Labute approximate surface area is 195 Å². The number of hydrogen-bond donors (Lipinski definition) is 0. The number of nitrogens with zero attached hydrogens (tertiary/aromatic N) is 4. The highest BCUT2D eigenvalue weighted by Gasteiger charge is 2.61. The number of halogens is 2. The molecular weight excluding hydrogens is 447 g/mol. The van der Waals surface area contributed by atoms with E-state index in [1.165, 1.54) is 17.0 Å². The third-order valence-corrected chi connectivity index (χ3v) is 6.34. The lowest BCUT2D eigenvalue weighted by Crippen LogP contribution is -2.81. The van der Waals surface area contributed by atoms with Crippen LogP contribution >= 0.6 is 11.6 Å². The van der Waals surface area contributed by atoms with Crippen LogP contribution in [-0.4, -0.2) is 52.7 Å². The molecule has 0 atom stereocenters. The molecular formula is C24H22ClFN4O3. The molecule has 2 saturated heterocycles. The van der Waals surface area contributed by atoms with Crippen molar-refractivity contribution in [1.82, 2.24) is 9.80 Å². The number of carbonyl (C=O) groups excluding carboxylic acids is 3. The summed E-state index contributed by atoms with van der Waals surface area (Å²) in [6.45, 7) is 3.44. The zero-order valence-electron chi connectivity index (χ0n) is 18.2. The molecule has 0 N–H and O–H groups in total. The van der Waals surface area contributed by atoms with Crippen LogP contribution in [0.15, 0.2) is 42.5 Å². The van der Waals surface area contributed by atoms with Crippen molar-refractivity contribution in [2.75, 3.05) is 24.5 Å². The summed E-state index contributed by atoms with van der Waals surface area (Å²) in [5.41, 5.74) is -0.457. The Morgan fingerprint density at radius 2 is 1.85 bits per heavy atom. The maximum atomic E-state index is 14.7. The minimum absolute atomic E-state index is 0.0383. The Balaban J connectivity index is 1.70. The smallest absolute Gasteiger partial charge is 0.257 e. The van der Waals surface area contributed by atoms with Gasteiger partial charge in [0.05, 0.1) is 30.4 Å². The predicted molar refractivity (Wildman–Crippen MR) is 120 cm³/mol. The van der Waals surface area contributed by atoms with Crippen LogP contribution in [0.3, 0.4) is 0 Å². The van der Waals surface area contributed by atoms with Gasteiger partial charge in [-0.05, 0) is 35.9 Å². The van der Waals surface area contributed by atoms with Gasteiger partial charge >= 0.3 is 0 Å². The summed E-state index contributed by atoms with van der Waals surface area (Å²) in [4.78, 5) is 43.7. The maximum absolute atomic E-state index is 14.7. The molecule has 0 aliphatic carbocycles. The Kier molecular flexibility index (Phi) is 5.85. The van der Waals surface area contributed by atoms with E-state index in [4.69, 9.17) is 16.9 Å². The van der Waals surface area contributed by atoms with Gasteiger partial charge in [0.15, 0.2) is 5.54 Å². The van der Waals surface area contributed by atoms with E-state index in [9.17, 15) is 18.8 Å². The molecule has 33 heavy (non-hydrogen) atoms. The van der Waals surface area contributed by atoms with Crippen LogP contribution in [0.5, 0.6) is 0 Å². The molecule has 2 aromatic rings. The van der Waals surface area contributed by atoms with Crippen molar-refractivity contribution < 1.29 is 18.8 Å². The number of piperazine rings is 1. The van der Waals surface area contributed by atoms with Crippen molar-refractivity contribution in [1.29, 1.82) is 5.26 Å². The SMILES string of the molecule is CC(C)C(=O)N1CC2(C1)C(=O)N(c1ccc(C#N)cc1F)CC(=O)N2Cc1ccc(Cl)cc1. The van der Waals surface area contributed by atoms with Crippen LogP contribution in [-0.2, 0) is 20.9 Å². The predicted octanol–water partition coefficient (Wildman–Crippen LogP) is 2.96. The first-order valence-corrected chi connectivity index (χ1v) is 10.9. The number of benzene rings is 2. The summed E-state index contributed by atoms with van der Waals surface area (Å²) in [5.74, 6) is -1.94. The molecule has 2 aliphatic heterocycles. The molecule has 9 heteroatoms. The quantitative estimate of drug-likeness (QED) is 0.690. The lowest BCUT2D eigenvalue weighted by Gasteiger charge is -2.58. The van der Waals surface area contributed by atoms with Crippen LogP contribution in [0.25, 0.3) is 0 Å². The van der Waals surface area contributed by atoms with Crippen molar-refractivity contribution >= 4 is 35.0 Å². The Bertz CT molecular complexity index is 1170. The van der Waals surface area contributed by atoms with Crippen molar-refractivity contribution in [2.45, 2.75) is 25.9 Å². The number of rotatable bonds is 4. The Morgan fingerprint density at radius 3 is 2.42 bits per heavy atom. The van der Waals surface area contributed by atoms with Gasteiger partial charge in [-0.2, -0.15) is 5.26 Å². The fraction of sp³-hybridized carbons (Fsp3) is 0.333. The minimum Gasteiger partial charge on any atom is -0.337 e. The Hall–Kier alpha value is -3.44. The lowest BCUT2D eigenvalue weighted by atomic mass is 9.82. The molecule has 0 radical (unpaired) electrons. The van der Waals surface area contributed by atoms with Crippen LogP contribution in [0, 0.1) is 23.1 Å². The molecule has 0 aromatic heterocycles. The number of amides is 3. The number of hydrogen-bond acceptors (Lipinski definition) is 4. The molecule has 3 amide bonds. The number of nitriles is 1. The normalized spacial score (nSPS) is 17.4. The molecule has 4 rings (SSSR count). The first kappa shape index (κ1) is 22.7. The van der Waals surface area contributed by atoms with E-state index >= 15 is 0 Å². The molecule has 1 spiro atoms. The molecule has 0 unspecified atom stereocenters. The number of carbonyl (C=O) groups is 3. The topological polar surface area (TPSA) is 84.7 Å². The van der Waals surface area contributed by atoms with Crippen molar-refractivity contribution in [3.8, 4) is 6.07 Å². The van der Waals surface area contributed by atoms with E-state index in [1.54, 1.807) is 43.0 Å². The molecule has 0 saturated carbocycles. The lowest BCUT2D eigenvalue weighted by molar-refractivity contribution is -0.171.